The highest BCUT2D eigenvalue weighted by atomic mass is 32.1. The first-order chi connectivity index (χ1) is 13.0. The first kappa shape index (κ1) is 17.2. The highest BCUT2D eigenvalue weighted by Crippen LogP contribution is 2.40. The maximum absolute atomic E-state index is 12.3. The van der Waals surface area contributed by atoms with Gasteiger partial charge in [-0.15, -0.1) is 11.3 Å². The van der Waals surface area contributed by atoms with Crippen molar-refractivity contribution in [2.24, 2.45) is 10.7 Å². The molecule has 0 bridgehead atoms. The van der Waals surface area contributed by atoms with Crippen molar-refractivity contribution in [2.45, 2.75) is 6.92 Å². The van der Waals surface area contributed by atoms with Gasteiger partial charge in [-0.3, -0.25) is 4.79 Å². The lowest BCUT2D eigenvalue weighted by Crippen LogP contribution is -2.24. The number of thiophene rings is 1. The zero-order valence-electron chi connectivity index (χ0n) is 14.9. The highest BCUT2D eigenvalue weighted by molar-refractivity contribution is 7.21. The number of aliphatic imine (C=N–C) groups is 1. The molecule has 1 aliphatic rings. The number of amidine groups is 1. The van der Waals surface area contributed by atoms with E-state index in [2.05, 4.69) is 22.2 Å². The average molecular weight is 377 g/mol. The monoisotopic (exact) mass is 377 g/mol. The molecule has 1 amide bonds. The van der Waals surface area contributed by atoms with Crippen LogP contribution in [-0.4, -0.2) is 29.8 Å². The van der Waals surface area contributed by atoms with Crippen molar-refractivity contribution >= 4 is 55.3 Å². The summed E-state index contributed by atoms with van der Waals surface area (Å²) in [6.45, 7) is 7.10. The molecule has 0 atom stereocenters. The summed E-state index contributed by atoms with van der Waals surface area (Å²) in [5.74, 6) is 0.464. The van der Waals surface area contributed by atoms with Gasteiger partial charge in [-0.1, -0.05) is 6.58 Å². The molecule has 27 heavy (non-hydrogen) atoms. The van der Waals surface area contributed by atoms with Crippen LogP contribution in [0.5, 0.6) is 0 Å². The molecule has 0 spiro atoms. The summed E-state index contributed by atoms with van der Waals surface area (Å²) < 4.78 is 1.07. The van der Waals surface area contributed by atoms with E-state index in [1.165, 1.54) is 11.3 Å². The summed E-state index contributed by atoms with van der Waals surface area (Å²) >= 11 is 1.50. The van der Waals surface area contributed by atoms with Crippen LogP contribution in [0.2, 0.25) is 0 Å². The van der Waals surface area contributed by atoms with Gasteiger partial charge in [-0.2, -0.15) is 0 Å². The van der Waals surface area contributed by atoms with Gasteiger partial charge in [-0.25, -0.2) is 9.98 Å². The maximum atomic E-state index is 12.3. The van der Waals surface area contributed by atoms with Gasteiger partial charge in [0.25, 0.3) is 5.91 Å². The summed E-state index contributed by atoms with van der Waals surface area (Å²) in [6.07, 6.45) is 3.40. The molecule has 7 heteroatoms. The fourth-order valence-corrected chi connectivity index (χ4v) is 4.19. The molecule has 136 valence electrons. The molecule has 0 radical (unpaired) electrons. The van der Waals surface area contributed by atoms with E-state index in [4.69, 9.17) is 10.7 Å². The van der Waals surface area contributed by atoms with Crippen molar-refractivity contribution < 1.29 is 4.79 Å². The van der Waals surface area contributed by atoms with E-state index in [-0.39, 0.29) is 5.91 Å². The molecule has 3 heterocycles. The second-order valence-electron chi connectivity index (χ2n) is 6.30. The summed E-state index contributed by atoms with van der Waals surface area (Å²) in [7, 11) is 0. The molecule has 4 rings (SSSR count). The number of carbonyl (C=O) groups is 1. The van der Waals surface area contributed by atoms with Crippen LogP contribution in [-0.2, 0) is 0 Å². The molecule has 0 saturated carbocycles. The van der Waals surface area contributed by atoms with Crippen LogP contribution in [0.1, 0.15) is 22.3 Å². The average Bonchev–Trinajstić information content (AvgIpc) is 2.94. The number of carbonyl (C=O) groups excluding carboxylic acids is 1. The van der Waals surface area contributed by atoms with Crippen LogP contribution in [0.4, 0.5) is 5.69 Å². The second kappa shape index (κ2) is 6.85. The molecule has 2 aromatic heterocycles. The zero-order valence-corrected chi connectivity index (χ0v) is 15.7. The van der Waals surface area contributed by atoms with Gasteiger partial charge in [0.2, 0.25) is 0 Å². The Labute approximate surface area is 160 Å². The Bertz CT molecular complexity index is 1140. The van der Waals surface area contributed by atoms with Crippen LogP contribution < -0.4 is 16.4 Å². The number of nitrogens with zero attached hydrogens (tertiary/aromatic N) is 2. The minimum atomic E-state index is -0.0248. The van der Waals surface area contributed by atoms with E-state index in [0.717, 1.165) is 42.8 Å². The highest BCUT2D eigenvalue weighted by Gasteiger charge is 2.22. The molecule has 0 fully saturated rings. The van der Waals surface area contributed by atoms with Crippen molar-refractivity contribution in [1.82, 2.24) is 10.3 Å². The van der Waals surface area contributed by atoms with Crippen molar-refractivity contribution in [3.05, 3.63) is 53.7 Å². The van der Waals surface area contributed by atoms with Gasteiger partial charge in [0.05, 0.1) is 22.7 Å². The van der Waals surface area contributed by atoms with Gasteiger partial charge in [0.1, 0.15) is 4.88 Å². The predicted molar refractivity (Wildman–Crippen MR) is 113 cm³/mol. The Kier molecular flexibility index (Phi) is 4.37. The first-order valence-electron chi connectivity index (χ1n) is 8.58. The third-order valence-electron chi connectivity index (χ3n) is 4.32. The molecule has 3 aromatic rings. The predicted octanol–water partition coefficient (Wildman–Crippen LogP) is 3.51. The maximum Gasteiger partial charge on any atom is 0.263 e. The minimum absolute atomic E-state index is 0.0248. The molecule has 1 aliphatic heterocycles. The van der Waals surface area contributed by atoms with Crippen LogP contribution in [0.3, 0.4) is 0 Å². The molecule has 0 saturated heterocycles. The number of anilines is 1. The lowest BCUT2D eigenvalue weighted by Gasteiger charge is -2.07. The van der Waals surface area contributed by atoms with E-state index in [1.54, 1.807) is 19.2 Å². The summed E-state index contributed by atoms with van der Waals surface area (Å²) in [5, 5.41) is 8.37. The quantitative estimate of drug-likeness (QED) is 0.370. The molecule has 4 N–H and O–H groups in total. The number of allylic oxidation sites excluding steroid dienone is 2. The minimum Gasteiger partial charge on any atom is -0.387 e. The third kappa shape index (κ3) is 3.17. The van der Waals surface area contributed by atoms with E-state index >= 15 is 0 Å². The smallest absolute Gasteiger partial charge is 0.263 e. The van der Waals surface area contributed by atoms with Gasteiger partial charge < -0.3 is 16.4 Å². The number of nitrogens with two attached hydrogens (primary N) is 1. The lowest BCUT2D eigenvalue weighted by molar-refractivity contribution is 0.0962. The van der Waals surface area contributed by atoms with Crippen molar-refractivity contribution in [3.63, 3.8) is 0 Å². The van der Waals surface area contributed by atoms with Crippen LogP contribution in [0.25, 0.3) is 26.6 Å². The fraction of sp³-hybridized carbons (Fsp3) is 0.150. The second-order valence-corrected chi connectivity index (χ2v) is 7.35. The van der Waals surface area contributed by atoms with Crippen molar-refractivity contribution in [3.8, 4) is 0 Å². The van der Waals surface area contributed by atoms with Crippen LogP contribution in [0, 0.1) is 0 Å². The van der Waals surface area contributed by atoms with Crippen LogP contribution in [0.15, 0.2) is 48.1 Å². The van der Waals surface area contributed by atoms with Gasteiger partial charge in [0, 0.05) is 34.8 Å². The number of nitrogens with one attached hydrogen (secondary N) is 2. The Balaban J connectivity index is 1.82. The van der Waals surface area contributed by atoms with Gasteiger partial charge in [-0.05, 0) is 42.8 Å². The molecular formula is C20H19N5OS. The number of fused-ring (bicyclic) bond motifs is 5. The number of benzene rings is 1. The zero-order chi connectivity index (χ0) is 19.0. The van der Waals surface area contributed by atoms with E-state index in [0.29, 0.717) is 18.9 Å². The molecular weight excluding hydrogens is 358 g/mol. The first-order valence-corrected chi connectivity index (χ1v) is 9.40. The number of rotatable bonds is 3. The Hall–Kier alpha value is -3.19. The van der Waals surface area contributed by atoms with E-state index < -0.39 is 0 Å². The topological polar surface area (TPSA) is 92.4 Å². The summed E-state index contributed by atoms with van der Waals surface area (Å²) in [4.78, 5) is 21.8. The van der Waals surface area contributed by atoms with Gasteiger partial charge in [0.15, 0.2) is 0 Å². The largest absolute Gasteiger partial charge is 0.387 e. The lowest BCUT2D eigenvalue weighted by atomic mass is 10.1. The SMILES string of the molecule is C=C(/C=C\N=C(C)N)c1ccc2c(ccc3sc4c(c32)NCCNC4=O)n1. The molecule has 0 aliphatic carbocycles. The van der Waals surface area contributed by atoms with E-state index in [1.807, 2.05) is 24.3 Å². The van der Waals surface area contributed by atoms with Crippen LogP contribution >= 0.6 is 11.3 Å². The summed E-state index contributed by atoms with van der Waals surface area (Å²) in [6, 6.07) is 7.97. The standard InChI is InChI=1S/C20H19N5OS/c1-11(7-8-22-12(2)21)14-4-3-13-15(25-14)5-6-16-17(13)18-19(27-16)20(26)24-10-9-23-18/h3-8,23H,1,9-10H2,2H3,(H2,21,22)(H,24,26)/b8-7-. The summed E-state index contributed by atoms with van der Waals surface area (Å²) in [5.41, 5.74) is 8.82. The number of aromatic nitrogens is 1. The number of pyridine rings is 1. The van der Waals surface area contributed by atoms with E-state index in [9.17, 15) is 4.79 Å². The third-order valence-corrected chi connectivity index (χ3v) is 5.48. The fourth-order valence-electron chi connectivity index (χ4n) is 3.08. The van der Waals surface area contributed by atoms with Crippen molar-refractivity contribution in [2.75, 3.05) is 18.4 Å². The Morgan fingerprint density at radius 3 is 2.93 bits per heavy atom. The van der Waals surface area contributed by atoms with Crippen molar-refractivity contribution in [1.29, 1.82) is 0 Å². The number of hydrogen-bond donors (Lipinski definition) is 3. The normalized spacial score (nSPS) is 14.9. The van der Waals surface area contributed by atoms with Gasteiger partial charge >= 0.3 is 0 Å². The molecule has 0 unspecified atom stereocenters. The number of hydrogen-bond acceptors (Lipinski definition) is 5. The Morgan fingerprint density at radius 2 is 2.11 bits per heavy atom. The molecule has 6 nitrogen and oxygen atoms in total. The molecule has 1 aromatic carbocycles. The number of amides is 1. The Morgan fingerprint density at radius 1 is 1.30 bits per heavy atom.